The van der Waals surface area contributed by atoms with Crippen molar-refractivity contribution in [1.29, 1.82) is 0 Å². The first-order valence-corrected chi connectivity index (χ1v) is 12.4. The number of aromatic hydroxyl groups is 1. The van der Waals surface area contributed by atoms with Crippen LogP contribution in [0.1, 0.15) is 112 Å². The first-order valence-electron chi connectivity index (χ1n) is 12.4. The van der Waals surface area contributed by atoms with Crippen LogP contribution in [0.25, 0.3) is 6.08 Å². The standard InChI is InChI=1S/C29H40O/c1-3-5-6-7-8-9-10-11-12-13-18-27-28(30)22-20-23(4-2)29(27)26-21-19-24-16-14-15-17-25(24)26/h14-17,19-22,26,30H,3-13,18H2,1-2H3. The van der Waals surface area contributed by atoms with Gasteiger partial charge in [0.25, 0.3) is 0 Å². The zero-order valence-corrected chi connectivity index (χ0v) is 19.1. The Morgan fingerprint density at radius 1 is 0.767 bits per heavy atom. The first kappa shape index (κ1) is 22.7. The van der Waals surface area contributed by atoms with Crippen LogP contribution in [0.2, 0.25) is 0 Å². The highest BCUT2D eigenvalue weighted by Gasteiger charge is 2.24. The monoisotopic (exact) mass is 404 g/mol. The predicted octanol–water partition coefficient (Wildman–Crippen LogP) is 8.58. The largest absolute Gasteiger partial charge is 0.508 e. The topological polar surface area (TPSA) is 20.2 Å². The molecule has 0 spiro atoms. The molecular weight excluding hydrogens is 364 g/mol. The lowest BCUT2D eigenvalue weighted by Gasteiger charge is -2.21. The van der Waals surface area contributed by atoms with E-state index in [1.165, 1.54) is 92.0 Å². The van der Waals surface area contributed by atoms with Crippen LogP contribution >= 0.6 is 0 Å². The summed E-state index contributed by atoms with van der Waals surface area (Å²) in [6.07, 6.45) is 20.0. The van der Waals surface area contributed by atoms with Crippen LogP contribution < -0.4 is 0 Å². The number of aryl methyl sites for hydroxylation is 1. The van der Waals surface area contributed by atoms with Crippen LogP contribution in [0.5, 0.6) is 5.75 Å². The van der Waals surface area contributed by atoms with Crippen molar-refractivity contribution in [3.63, 3.8) is 0 Å². The van der Waals surface area contributed by atoms with E-state index in [1.807, 2.05) is 6.07 Å². The Balaban J connectivity index is 1.59. The van der Waals surface area contributed by atoms with Gasteiger partial charge in [0.1, 0.15) is 5.75 Å². The molecule has 0 saturated carbocycles. The molecule has 1 aliphatic rings. The van der Waals surface area contributed by atoms with E-state index in [9.17, 15) is 5.11 Å². The van der Waals surface area contributed by atoms with Gasteiger partial charge in [-0.05, 0) is 53.1 Å². The Kier molecular flexibility index (Phi) is 9.05. The highest BCUT2D eigenvalue weighted by Crippen LogP contribution is 2.41. The second-order valence-corrected chi connectivity index (χ2v) is 8.89. The normalized spacial score (nSPS) is 14.9. The van der Waals surface area contributed by atoms with E-state index in [1.54, 1.807) is 0 Å². The van der Waals surface area contributed by atoms with Gasteiger partial charge in [-0.15, -0.1) is 0 Å². The lowest BCUT2D eigenvalue weighted by molar-refractivity contribution is 0.464. The number of hydrogen-bond acceptors (Lipinski definition) is 1. The summed E-state index contributed by atoms with van der Waals surface area (Å²) >= 11 is 0. The van der Waals surface area contributed by atoms with Crippen molar-refractivity contribution in [2.75, 3.05) is 0 Å². The molecule has 0 heterocycles. The molecule has 1 N–H and O–H groups in total. The van der Waals surface area contributed by atoms with Crippen LogP contribution in [-0.2, 0) is 12.8 Å². The van der Waals surface area contributed by atoms with E-state index in [0.29, 0.717) is 5.75 Å². The maximum Gasteiger partial charge on any atom is 0.119 e. The number of rotatable bonds is 13. The van der Waals surface area contributed by atoms with Gasteiger partial charge in [-0.1, -0.05) is 114 Å². The van der Waals surface area contributed by atoms with Crippen LogP contribution in [-0.4, -0.2) is 5.11 Å². The van der Waals surface area contributed by atoms with E-state index in [2.05, 4.69) is 56.3 Å². The van der Waals surface area contributed by atoms with E-state index < -0.39 is 0 Å². The fourth-order valence-corrected chi connectivity index (χ4v) is 4.95. The lowest BCUT2D eigenvalue weighted by atomic mass is 9.83. The zero-order chi connectivity index (χ0) is 21.2. The molecule has 30 heavy (non-hydrogen) atoms. The number of allylic oxidation sites excluding steroid dienone is 1. The molecule has 1 heteroatoms. The van der Waals surface area contributed by atoms with Gasteiger partial charge in [0.15, 0.2) is 0 Å². The maximum atomic E-state index is 10.7. The summed E-state index contributed by atoms with van der Waals surface area (Å²) in [6, 6.07) is 12.7. The number of phenols is 1. The van der Waals surface area contributed by atoms with Crippen LogP contribution in [0.3, 0.4) is 0 Å². The van der Waals surface area contributed by atoms with Gasteiger partial charge in [-0.2, -0.15) is 0 Å². The number of benzene rings is 2. The lowest BCUT2D eigenvalue weighted by Crippen LogP contribution is -2.06. The molecule has 0 aromatic heterocycles. The minimum absolute atomic E-state index is 0.279. The van der Waals surface area contributed by atoms with E-state index >= 15 is 0 Å². The van der Waals surface area contributed by atoms with E-state index in [-0.39, 0.29) is 5.92 Å². The fraction of sp³-hybridized carbons (Fsp3) is 0.517. The Morgan fingerprint density at radius 2 is 1.43 bits per heavy atom. The van der Waals surface area contributed by atoms with Crippen molar-refractivity contribution < 1.29 is 5.11 Å². The summed E-state index contributed by atoms with van der Waals surface area (Å²) in [4.78, 5) is 0. The minimum atomic E-state index is 0.279. The number of fused-ring (bicyclic) bond motifs is 1. The van der Waals surface area contributed by atoms with Crippen molar-refractivity contribution in [2.24, 2.45) is 0 Å². The second kappa shape index (κ2) is 12.0. The Morgan fingerprint density at radius 3 is 2.13 bits per heavy atom. The molecule has 1 aliphatic carbocycles. The third-order valence-electron chi connectivity index (χ3n) is 6.69. The van der Waals surface area contributed by atoms with Gasteiger partial charge in [-0.25, -0.2) is 0 Å². The summed E-state index contributed by atoms with van der Waals surface area (Å²) in [7, 11) is 0. The number of phenolic OH excluding ortho intramolecular Hbond substituents is 1. The average Bonchev–Trinajstić information content (AvgIpc) is 3.19. The van der Waals surface area contributed by atoms with Crippen molar-refractivity contribution in [1.82, 2.24) is 0 Å². The van der Waals surface area contributed by atoms with E-state index in [0.717, 1.165) is 12.8 Å². The molecular formula is C29H40O. The summed E-state index contributed by atoms with van der Waals surface area (Å²) < 4.78 is 0. The molecule has 0 saturated heterocycles. The molecule has 0 aliphatic heterocycles. The van der Waals surface area contributed by atoms with Crippen molar-refractivity contribution in [3.05, 3.63) is 70.3 Å². The summed E-state index contributed by atoms with van der Waals surface area (Å²) in [5, 5.41) is 10.7. The van der Waals surface area contributed by atoms with Gasteiger partial charge in [0.05, 0.1) is 0 Å². The molecule has 2 aromatic rings. The average molecular weight is 405 g/mol. The van der Waals surface area contributed by atoms with Crippen LogP contribution in [0.15, 0.2) is 42.5 Å². The van der Waals surface area contributed by atoms with Crippen LogP contribution in [0, 0.1) is 0 Å². The van der Waals surface area contributed by atoms with E-state index in [4.69, 9.17) is 0 Å². The molecule has 1 unspecified atom stereocenters. The SMILES string of the molecule is CCCCCCCCCCCCc1c(O)ccc(CC)c1C1C=Cc2ccccc21. The molecule has 0 bridgehead atoms. The zero-order valence-electron chi connectivity index (χ0n) is 19.1. The molecule has 0 fully saturated rings. The fourth-order valence-electron chi connectivity index (χ4n) is 4.95. The van der Waals surface area contributed by atoms with Crippen molar-refractivity contribution >= 4 is 6.08 Å². The van der Waals surface area contributed by atoms with Gasteiger partial charge in [-0.3, -0.25) is 0 Å². The quantitative estimate of drug-likeness (QED) is 0.331. The summed E-state index contributed by atoms with van der Waals surface area (Å²) in [5.74, 6) is 0.761. The van der Waals surface area contributed by atoms with Gasteiger partial charge in [0, 0.05) is 5.92 Å². The Hall–Kier alpha value is -2.02. The molecule has 3 rings (SSSR count). The Bertz CT molecular complexity index is 817. The molecule has 0 amide bonds. The second-order valence-electron chi connectivity index (χ2n) is 8.89. The third kappa shape index (κ3) is 5.78. The molecule has 1 nitrogen and oxygen atoms in total. The smallest absolute Gasteiger partial charge is 0.119 e. The summed E-state index contributed by atoms with van der Waals surface area (Å²) in [5.41, 5.74) is 6.61. The highest BCUT2D eigenvalue weighted by molar-refractivity contribution is 5.67. The van der Waals surface area contributed by atoms with Crippen molar-refractivity contribution in [3.8, 4) is 5.75 Å². The van der Waals surface area contributed by atoms with Crippen LogP contribution in [0.4, 0.5) is 0 Å². The van der Waals surface area contributed by atoms with Gasteiger partial charge < -0.3 is 5.11 Å². The van der Waals surface area contributed by atoms with Crippen molar-refractivity contribution in [2.45, 2.75) is 96.8 Å². The summed E-state index contributed by atoms with van der Waals surface area (Å²) in [6.45, 7) is 4.51. The number of unbranched alkanes of at least 4 members (excludes halogenated alkanes) is 9. The minimum Gasteiger partial charge on any atom is -0.508 e. The predicted molar refractivity (Wildman–Crippen MR) is 130 cm³/mol. The Labute approximate surface area is 184 Å². The van der Waals surface area contributed by atoms with Gasteiger partial charge in [0.2, 0.25) is 0 Å². The molecule has 162 valence electrons. The third-order valence-corrected chi connectivity index (χ3v) is 6.69. The molecule has 2 aromatic carbocycles. The molecule has 1 atom stereocenters. The first-order chi connectivity index (χ1) is 14.8. The highest BCUT2D eigenvalue weighted by atomic mass is 16.3. The van der Waals surface area contributed by atoms with Gasteiger partial charge >= 0.3 is 0 Å². The number of hydrogen-bond donors (Lipinski definition) is 1. The molecule has 0 radical (unpaired) electrons. The maximum absolute atomic E-state index is 10.7.